The smallest absolute Gasteiger partial charge is 0.338 e. The maximum atomic E-state index is 13.6. The van der Waals surface area contributed by atoms with Gasteiger partial charge in [-0.2, -0.15) is 0 Å². The van der Waals surface area contributed by atoms with Crippen LogP contribution < -0.4 is 0 Å². The Kier molecular flexibility index (Phi) is 10.8. The van der Waals surface area contributed by atoms with Crippen molar-refractivity contribution in [2.45, 2.75) is 24.6 Å². The maximum Gasteiger partial charge on any atom is 0.338 e. The Morgan fingerprint density at radius 1 is 0.453 bits per heavy atom. The van der Waals surface area contributed by atoms with Crippen molar-refractivity contribution < 1.29 is 38.1 Å². The predicted molar refractivity (Wildman–Crippen MR) is 200 cm³/mol. The second-order valence-electron chi connectivity index (χ2n) is 12.4. The standard InChI is InChI=1S/C45H36O8/c1-49-45-41(53-44(48)38-27-21-35(22-28-38)32-15-9-4-10-16-32)40(52-43(47)37-25-19-34(20-26-37)31-13-7-3-8-14-31)39(51-45)29-50-42(46)36-23-17-33(18-24-36)30-11-5-2-6-12-30/h2-28,39-41,45H,29H2,1H3/t39-,40-,41+,45?/m0/s1. The quantitative estimate of drug-likeness (QED) is 0.0977. The molecular weight excluding hydrogens is 668 g/mol. The topological polar surface area (TPSA) is 97.4 Å². The van der Waals surface area contributed by atoms with Crippen LogP contribution in [0.3, 0.4) is 0 Å². The second-order valence-corrected chi connectivity index (χ2v) is 12.4. The van der Waals surface area contributed by atoms with E-state index in [0.717, 1.165) is 33.4 Å². The SMILES string of the molecule is COC1O[C@@H](COC(=O)c2ccc(-c3ccccc3)cc2)[C@H](OC(=O)c2ccc(-c3ccccc3)cc2)[C@H]1OC(=O)c1ccc(-c2ccccc2)cc1. The molecule has 1 aliphatic rings. The van der Waals surface area contributed by atoms with Crippen LogP contribution in [0.15, 0.2) is 164 Å². The summed E-state index contributed by atoms with van der Waals surface area (Å²) in [6.07, 6.45) is -4.49. The van der Waals surface area contributed by atoms with Gasteiger partial charge in [-0.25, -0.2) is 14.4 Å². The molecule has 0 saturated carbocycles. The number of hydrogen-bond acceptors (Lipinski definition) is 8. The van der Waals surface area contributed by atoms with E-state index in [-0.39, 0.29) is 17.7 Å². The average Bonchev–Trinajstić information content (AvgIpc) is 3.55. The number of methoxy groups -OCH3 is 1. The molecule has 1 heterocycles. The van der Waals surface area contributed by atoms with E-state index >= 15 is 0 Å². The van der Waals surface area contributed by atoms with Crippen LogP contribution in [0.5, 0.6) is 0 Å². The van der Waals surface area contributed by atoms with E-state index in [1.54, 1.807) is 36.4 Å². The molecule has 8 heteroatoms. The molecule has 1 fully saturated rings. The van der Waals surface area contributed by atoms with Crippen molar-refractivity contribution in [1.82, 2.24) is 0 Å². The van der Waals surface area contributed by atoms with Gasteiger partial charge in [0.05, 0.1) is 16.7 Å². The van der Waals surface area contributed by atoms with Crippen LogP contribution in [-0.4, -0.2) is 56.2 Å². The third-order valence-electron chi connectivity index (χ3n) is 9.05. The zero-order chi connectivity index (χ0) is 36.6. The molecule has 1 saturated heterocycles. The molecule has 1 aliphatic heterocycles. The number of esters is 3. The van der Waals surface area contributed by atoms with Crippen LogP contribution in [-0.2, 0) is 23.7 Å². The minimum absolute atomic E-state index is 0.279. The molecule has 53 heavy (non-hydrogen) atoms. The van der Waals surface area contributed by atoms with Gasteiger partial charge in [-0.1, -0.05) is 127 Å². The first-order chi connectivity index (χ1) is 26.0. The molecule has 264 valence electrons. The summed E-state index contributed by atoms with van der Waals surface area (Å²) >= 11 is 0. The molecule has 4 atom stereocenters. The van der Waals surface area contributed by atoms with Crippen molar-refractivity contribution in [1.29, 1.82) is 0 Å². The lowest BCUT2D eigenvalue weighted by Crippen LogP contribution is -2.42. The highest BCUT2D eigenvalue weighted by atomic mass is 16.7. The van der Waals surface area contributed by atoms with E-state index in [2.05, 4.69) is 0 Å². The molecule has 7 rings (SSSR count). The van der Waals surface area contributed by atoms with Gasteiger partial charge in [-0.3, -0.25) is 0 Å². The second kappa shape index (κ2) is 16.3. The van der Waals surface area contributed by atoms with E-state index in [9.17, 15) is 14.4 Å². The van der Waals surface area contributed by atoms with E-state index in [4.69, 9.17) is 23.7 Å². The highest BCUT2D eigenvalue weighted by Gasteiger charge is 2.51. The Morgan fingerprint density at radius 2 is 0.792 bits per heavy atom. The Bertz CT molecular complexity index is 2130. The highest BCUT2D eigenvalue weighted by molar-refractivity contribution is 5.92. The lowest BCUT2D eigenvalue weighted by atomic mass is 10.0. The summed E-state index contributed by atoms with van der Waals surface area (Å²) in [6, 6.07) is 50.4. The van der Waals surface area contributed by atoms with Crippen LogP contribution in [0, 0.1) is 0 Å². The van der Waals surface area contributed by atoms with Gasteiger partial charge in [-0.05, 0) is 69.8 Å². The summed E-state index contributed by atoms with van der Waals surface area (Å²) in [5.74, 6) is -1.93. The zero-order valence-electron chi connectivity index (χ0n) is 28.9. The average molecular weight is 705 g/mol. The summed E-state index contributed by atoms with van der Waals surface area (Å²) in [5.41, 5.74) is 6.73. The molecule has 0 spiro atoms. The van der Waals surface area contributed by atoms with Gasteiger partial charge in [0.1, 0.15) is 12.7 Å². The van der Waals surface area contributed by atoms with Crippen molar-refractivity contribution in [3.05, 3.63) is 180 Å². The fraction of sp³-hybridized carbons (Fsp3) is 0.133. The molecule has 6 aromatic carbocycles. The lowest BCUT2D eigenvalue weighted by Gasteiger charge is -2.24. The lowest BCUT2D eigenvalue weighted by molar-refractivity contribution is -0.155. The van der Waals surface area contributed by atoms with Gasteiger partial charge < -0.3 is 23.7 Å². The first-order valence-corrected chi connectivity index (χ1v) is 17.2. The number of ether oxygens (including phenoxy) is 5. The van der Waals surface area contributed by atoms with Crippen LogP contribution in [0.4, 0.5) is 0 Å². The maximum absolute atomic E-state index is 13.6. The van der Waals surface area contributed by atoms with Gasteiger partial charge in [0.2, 0.25) is 0 Å². The Balaban J connectivity index is 1.09. The van der Waals surface area contributed by atoms with E-state index in [1.165, 1.54) is 7.11 Å². The molecule has 8 nitrogen and oxygen atoms in total. The first kappa shape index (κ1) is 35.1. The number of hydrogen-bond donors (Lipinski definition) is 0. The Hall–Kier alpha value is -6.35. The van der Waals surface area contributed by atoms with Crippen LogP contribution in [0.2, 0.25) is 0 Å². The number of rotatable bonds is 11. The van der Waals surface area contributed by atoms with Gasteiger partial charge >= 0.3 is 17.9 Å². The number of carbonyl (C=O) groups excluding carboxylic acids is 3. The Morgan fingerprint density at radius 3 is 1.17 bits per heavy atom. The van der Waals surface area contributed by atoms with Crippen molar-refractivity contribution in [3.63, 3.8) is 0 Å². The fourth-order valence-electron chi connectivity index (χ4n) is 6.20. The van der Waals surface area contributed by atoms with Crippen molar-refractivity contribution in [2.75, 3.05) is 13.7 Å². The molecule has 0 N–H and O–H groups in total. The zero-order valence-corrected chi connectivity index (χ0v) is 28.9. The molecule has 0 aromatic heterocycles. The minimum Gasteiger partial charge on any atom is -0.459 e. The molecule has 0 aliphatic carbocycles. The van der Waals surface area contributed by atoms with E-state index < -0.39 is 42.5 Å². The monoisotopic (exact) mass is 704 g/mol. The summed E-state index contributed by atoms with van der Waals surface area (Å²) < 4.78 is 29.3. The molecule has 0 bridgehead atoms. The summed E-state index contributed by atoms with van der Waals surface area (Å²) in [4.78, 5) is 40.3. The third-order valence-corrected chi connectivity index (χ3v) is 9.05. The molecular formula is C45H36O8. The largest absolute Gasteiger partial charge is 0.459 e. The molecule has 1 unspecified atom stereocenters. The third kappa shape index (κ3) is 8.25. The van der Waals surface area contributed by atoms with Crippen molar-refractivity contribution in [2.24, 2.45) is 0 Å². The van der Waals surface area contributed by atoms with Crippen LogP contribution >= 0.6 is 0 Å². The normalized spacial score (nSPS) is 17.8. The summed E-state index contributed by atoms with van der Waals surface area (Å²) in [5, 5.41) is 0. The highest BCUT2D eigenvalue weighted by Crippen LogP contribution is 2.31. The van der Waals surface area contributed by atoms with Gasteiger partial charge in [-0.15, -0.1) is 0 Å². The summed E-state index contributed by atoms with van der Waals surface area (Å²) in [6.45, 7) is -0.302. The Labute approximate surface area is 307 Å². The number of benzene rings is 6. The molecule has 0 amide bonds. The van der Waals surface area contributed by atoms with Gasteiger partial charge in [0.25, 0.3) is 0 Å². The molecule has 6 aromatic rings. The first-order valence-electron chi connectivity index (χ1n) is 17.2. The van der Waals surface area contributed by atoms with Gasteiger partial charge in [0.15, 0.2) is 18.5 Å². The van der Waals surface area contributed by atoms with E-state index in [1.807, 2.05) is 127 Å². The van der Waals surface area contributed by atoms with Crippen LogP contribution in [0.25, 0.3) is 33.4 Å². The van der Waals surface area contributed by atoms with E-state index in [0.29, 0.717) is 5.56 Å². The number of carbonyl (C=O) groups is 3. The van der Waals surface area contributed by atoms with Crippen LogP contribution in [0.1, 0.15) is 31.1 Å². The van der Waals surface area contributed by atoms with Crippen molar-refractivity contribution >= 4 is 17.9 Å². The van der Waals surface area contributed by atoms with Gasteiger partial charge in [0, 0.05) is 7.11 Å². The minimum atomic E-state index is -1.18. The molecule has 0 radical (unpaired) electrons. The predicted octanol–water partition coefficient (Wildman–Crippen LogP) is 8.67. The van der Waals surface area contributed by atoms with Crippen molar-refractivity contribution in [3.8, 4) is 33.4 Å². The fourth-order valence-corrected chi connectivity index (χ4v) is 6.20. The summed E-state index contributed by atoms with van der Waals surface area (Å²) in [7, 11) is 1.39.